The molecule has 0 saturated carbocycles. The molecule has 0 spiro atoms. The van der Waals surface area contributed by atoms with Gasteiger partial charge in [-0.05, 0) is 12.1 Å². The summed E-state index contributed by atoms with van der Waals surface area (Å²) in [6.45, 7) is 0.906. The molecule has 1 aliphatic rings. The second-order valence-corrected chi connectivity index (χ2v) is 3.60. The van der Waals surface area contributed by atoms with Gasteiger partial charge in [0.25, 0.3) is 0 Å². The molecule has 17 heavy (non-hydrogen) atoms. The molecule has 0 amide bonds. The van der Waals surface area contributed by atoms with E-state index in [0.29, 0.717) is 36.0 Å². The summed E-state index contributed by atoms with van der Waals surface area (Å²) in [6, 6.07) is 4.68. The molecule has 3 rings (SSSR count). The fourth-order valence-electron chi connectivity index (χ4n) is 1.75. The van der Waals surface area contributed by atoms with E-state index in [9.17, 15) is 5.11 Å². The van der Waals surface area contributed by atoms with Gasteiger partial charge in [0.05, 0.1) is 0 Å². The lowest BCUT2D eigenvalue weighted by Crippen LogP contribution is -2.15. The molecule has 1 aliphatic heterocycles. The highest BCUT2D eigenvalue weighted by atomic mass is 16.6. The predicted molar refractivity (Wildman–Crippen MR) is 59.0 cm³/mol. The van der Waals surface area contributed by atoms with Crippen molar-refractivity contribution < 1.29 is 19.1 Å². The van der Waals surface area contributed by atoms with Gasteiger partial charge in [-0.1, -0.05) is 5.16 Å². The van der Waals surface area contributed by atoms with Crippen molar-refractivity contribution in [1.29, 1.82) is 0 Å². The van der Waals surface area contributed by atoms with E-state index in [1.54, 1.807) is 6.07 Å². The van der Waals surface area contributed by atoms with E-state index in [-0.39, 0.29) is 11.6 Å². The number of hydrogen-bond acceptors (Lipinski definition) is 6. The number of rotatable bonds is 1. The van der Waals surface area contributed by atoms with Crippen LogP contribution in [-0.4, -0.2) is 23.5 Å². The van der Waals surface area contributed by atoms with Crippen molar-refractivity contribution >= 4 is 5.82 Å². The predicted octanol–water partition coefficient (Wildman–Crippen LogP) is 1.40. The molecular weight excluding hydrogens is 224 g/mol. The maximum absolute atomic E-state index is 9.87. The summed E-state index contributed by atoms with van der Waals surface area (Å²) in [4.78, 5) is 0. The van der Waals surface area contributed by atoms with Gasteiger partial charge in [-0.15, -0.1) is 0 Å². The van der Waals surface area contributed by atoms with Crippen LogP contribution in [0.15, 0.2) is 22.7 Å². The van der Waals surface area contributed by atoms with E-state index in [1.165, 1.54) is 12.1 Å². The van der Waals surface area contributed by atoms with Gasteiger partial charge in [0.1, 0.15) is 24.5 Å². The topological polar surface area (TPSA) is 90.7 Å². The van der Waals surface area contributed by atoms with Gasteiger partial charge in [0.15, 0.2) is 23.1 Å². The highest BCUT2D eigenvalue weighted by molar-refractivity contribution is 5.77. The lowest BCUT2D eigenvalue weighted by molar-refractivity contribution is 0.171. The van der Waals surface area contributed by atoms with Crippen molar-refractivity contribution in [3.8, 4) is 28.6 Å². The zero-order chi connectivity index (χ0) is 11.8. The van der Waals surface area contributed by atoms with Crippen LogP contribution in [0.3, 0.4) is 0 Å². The number of nitrogens with two attached hydrogens (primary N) is 1. The summed E-state index contributed by atoms with van der Waals surface area (Å²) in [5, 5.41) is 13.4. The van der Waals surface area contributed by atoms with Crippen LogP contribution in [0.25, 0.3) is 11.3 Å². The molecular formula is C11H10N2O4. The molecule has 2 heterocycles. The molecule has 2 aromatic rings. The Hall–Kier alpha value is -2.37. The van der Waals surface area contributed by atoms with Gasteiger partial charge < -0.3 is 24.8 Å². The fourth-order valence-corrected chi connectivity index (χ4v) is 1.75. The summed E-state index contributed by atoms with van der Waals surface area (Å²) in [5.74, 6) is 1.65. The number of nitrogen functional groups attached to an aromatic ring is 1. The second kappa shape index (κ2) is 3.58. The van der Waals surface area contributed by atoms with Crippen molar-refractivity contribution in [1.82, 2.24) is 5.16 Å². The SMILES string of the molecule is Nc1cc(-c2c(O)ccc3c2OCCO3)on1. The summed E-state index contributed by atoms with van der Waals surface area (Å²) in [6.07, 6.45) is 0. The van der Waals surface area contributed by atoms with E-state index in [1.807, 2.05) is 0 Å². The maximum Gasteiger partial charge on any atom is 0.176 e. The van der Waals surface area contributed by atoms with Gasteiger partial charge in [0.2, 0.25) is 0 Å². The molecule has 6 heteroatoms. The van der Waals surface area contributed by atoms with E-state index in [2.05, 4.69) is 5.16 Å². The second-order valence-electron chi connectivity index (χ2n) is 3.60. The Morgan fingerprint density at radius 1 is 1.24 bits per heavy atom. The average molecular weight is 234 g/mol. The number of aromatic hydroxyl groups is 1. The summed E-state index contributed by atoms with van der Waals surface area (Å²) in [7, 11) is 0. The molecule has 0 aliphatic carbocycles. The highest BCUT2D eigenvalue weighted by Gasteiger charge is 2.23. The Bertz CT molecular complexity index is 565. The quantitative estimate of drug-likeness (QED) is 0.775. The minimum absolute atomic E-state index is 0.0328. The van der Waals surface area contributed by atoms with Crippen molar-refractivity contribution in [2.45, 2.75) is 0 Å². The zero-order valence-corrected chi connectivity index (χ0v) is 8.84. The first-order valence-corrected chi connectivity index (χ1v) is 5.10. The highest BCUT2D eigenvalue weighted by Crippen LogP contribution is 2.45. The third-order valence-corrected chi connectivity index (χ3v) is 2.46. The van der Waals surface area contributed by atoms with Crippen LogP contribution in [-0.2, 0) is 0 Å². The first-order chi connectivity index (χ1) is 8.25. The number of benzene rings is 1. The lowest BCUT2D eigenvalue weighted by Gasteiger charge is -2.20. The number of hydrogen-bond donors (Lipinski definition) is 2. The largest absolute Gasteiger partial charge is 0.507 e. The van der Waals surface area contributed by atoms with E-state index in [4.69, 9.17) is 19.7 Å². The first kappa shape index (κ1) is 9.83. The standard InChI is InChI=1S/C11H10N2O4/c12-9-5-8(17-13-9)10-6(14)1-2-7-11(10)16-4-3-15-7/h1-2,5,14H,3-4H2,(H2,12,13). The van der Waals surface area contributed by atoms with Crippen molar-refractivity contribution in [2.24, 2.45) is 0 Å². The molecule has 0 atom stereocenters. The molecule has 1 aromatic heterocycles. The van der Waals surface area contributed by atoms with E-state index >= 15 is 0 Å². The van der Waals surface area contributed by atoms with Crippen LogP contribution >= 0.6 is 0 Å². The van der Waals surface area contributed by atoms with Gasteiger partial charge in [-0.2, -0.15) is 0 Å². The van der Waals surface area contributed by atoms with Crippen LogP contribution in [0.1, 0.15) is 0 Å². The van der Waals surface area contributed by atoms with Gasteiger partial charge in [-0.3, -0.25) is 0 Å². The number of phenolic OH excluding ortho intramolecular Hbond substituents is 1. The number of nitrogens with zero attached hydrogens (tertiary/aromatic N) is 1. The lowest BCUT2D eigenvalue weighted by atomic mass is 10.1. The van der Waals surface area contributed by atoms with Crippen molar-refractivity contribution in [3.63, 3.8) is 0 Å². The molecule has 6 nitrogen and oxygen atoms in total. The molecule has 0 fully saturated rings. The normalized spacial score (nSPS) is 13.6. The number of fused-ring (bicyclic) bond motifs is 1. The molecule has 88 valence electrons. The van der Waals surface area contributed by atoms with Crippen LogP contribution in [0, 0.1) is 0 Å². The summed E-state index contributed by atoms with van der Waals surface area (Å²) >= 11 is 0. The van der Waals surface area contributed by atoms with Crippen molar-refractivity contribution in [2.75, 3.05) is 18.9 Å². The number of ether oxygens (including phenoxy) is 2. The molecule has 3 N–H and O–H groups in total. The Kier molecular flexibility index (Phi) is 2.07. The number of aromatic nitrogens is 1. The van der Waals surface area contributed by atoms with Crippen molar-refractivity contribution in [3.05, 3.63) is 18.2 Å². The molecule has 0 bridgehead atoms. The number of phenols is 1. The zero-order valence-electron chi connectivity index (χ0n) is 8.84. The van der Waals surface area contributed by atoms with Crippen LogP contribution in [0.4, 0.5) is 5.82 Å². The maximum atomic E-state index is 9.87. The van der Waals surface area contributed by atoms with E-state index in [0.717, 1.165) is 0 Å². The Morgan fingerprint density at radius 3 is 2.82 bits per heavy atom. The van der Waals surface area contributed by atoms with Gasteiger partial charge in [0, 0.05) is 6.07 Å². The summed E-state index contributed by atoms with van der Waals surface area (Å²) in [5.41, 5.74) is 5.89. The monoisotopic (exact) mass is 234 g/mol. The average Bonchev–Trinajstić information content (AvgIpc) is 2.75. The van der Waals surface area contributed by atoms with Crippen LogP contribution < -0.4 is 15.2 Å². The Balaban J connectivity index is 2.20. The minimum Gasteiger partial charge on any atom is -0.507 e. The smallest absolute Gasteiger partial charge is 0.176 e. The summed E-state index contributed by atoms with van der Waals surface area (Å²) < 4.78 is 15.9. The molecule has 1 aromatic carbocycles. The number of anilines is 1. The fraction of sp³-hybridized carbons (Fsp3) is 0.182. The van der Waals surface area contributed by atoms with Crippen LogP contribution in [0.5, 0.6) is 17.2 Å². The molecule has 0 unspecified atom stereocenters. The molecule has 0 radical (unpaired) electrons. The van der Waals surface area contributed by atoms with E-state index < -0.39 is 0 Å². The minimum atomic E-state index is 0.0328. The van der Waals surface area contributed by atoms with Gasteiger partial charge >= 0.3 is 0 Å². The Morgan fingerprint density at radius 2 is 2.06 bits per heavy atom. The van der Waals surface area contributed by atoms with Gasteiger partial charge in [-0.25, -0.2) is 0 Å². The third kappa shape index (κ3) is 1.54. The third-order valence-electron chi connectivity index (χ3n) is 2.46. The van der Waals surface area contributed by atoms with Crippen LogP contribution in [0.2, 0.25) is 0 Å². The molecule has 0 saturated heterocycles. The Labute approximate surface area is 96.5 Å². The first-order valence-electron chi connectivity index (χ1n) is 5.10.